The monoisotopic (exact) mass is 507 g/mol. The standard InChI is InChI=1S/C25H27O6Si3/c1-16-4-10-19(11-5-16)32-29-23(26)22(24(27)30-33-20-12-6-17(2)7-13-20)25(28)31-34-21-14-8-18(3)9-15-21/h4-15H,32-34H2,1-3H3. The maximum atomic E-state index is 12.8. The molecule has 6 nitrogen and oxygen atoms in total. The quantitative estimate of drug-likeness (QED) is 0.283. The highest BCUT2D eigenvalue weighted by molar-refractivity contribution is 6.54. The highest BCUT2D eigenvalue weighted by Crippen LogP contribution is 2.09. The molecule has 3 rings (SSSR count). The lowest BCUT2D eigenvalue weighted by Crippen LogP contribution is -2.39. The third-order valence-corrected chi connectivity index (χ3v) is 8.72. The Labute approximate surface area is 206 Å². The van der Waals surface area contributed by atoms with Crippen molar-refractivity contribution in [2.45, 2.75) is 20.8 Å². The summed E-state index contributed by atoms with van der Waals surface area (Å²) in [6, 6.07) is 22.8. The number of carbonyl (C=O) groups excluding carboxylic acids is 3. The van der Waals surface area contributed by atoms with E-state index in [4.69, 9.17) is 13.3 Å². The molecule has 0 saturated carbocycles. The summed E-state index contributed by atoms with van der Waals surface area (Å²) in [6.07, 6.45) is 0. The van der Waals surface area contributed by atoms with Gasteiger partial charge in [0.1, 0.15) is 0 Å². The molecule has 3 aromatic carbocycles. The Bertz CT molecular complexity index is 983. The molecule has 0 amide bonds. The summed E-state index contributed by atoms with van der Waals surface area (Å²) in [5, 5.41) is 2.63. The van der Waals surface area contributed by atoms with Gasteiger partial charge in [0.05, 0.1) is 0 Å². The largest absolute Gasteiger partial charge is 0.519 e. The summed E-state index contributed by atoms with van der Waals surface area (Å²) in [5.74, 6) is -3.66. The zero-order chi connectivity index (χ0) is 24.5. The molecule has 175 valence electrons. The van der Waals surface area contributed by atoms with Crippen LogP contribution in [-0.2, 0) is 27.7 Å². The molecule has 0 atom stereocenters. The Morgan fingerprint density at radius 1 is 0.471 bits per heavy atom. The van der Waals surface area contributed by atoms with Crippen molar-refractivity contribution in [3.05, 3.63) is 95.4 Å². The number of hydrogen-bond acceptors (Lipinski definition) is 6. The van der Waals surface area contributed by atoms with Gasteiger partial charge in [-0.1, -0.05) is 89.5 Å². The topological polar surface area (TPSA) is 78.9 Å². The van der Waals surface area contributed by atoms with Gasteiger partial charge in [0.2, 0.25) is 0 Å². The summed E-state index contributed by atoms with van der Waals surface area (Å²) >= 11 is 0. The van der Waals surface area contributed by atoms with Gasteiger partial charge in [-0.05, 0) is 36.3 Å². The van der Waals surface area contributed by atoms with Gasteiger partial charge in [-0.2, -0.15) is 0 Å². The molecule has 0 N–H and O–H groups in total. The van der Waals surface area contributed by atoms with Gasteiger partial charge < -0.3 is 13.3 Å². The Balaban J connectivity index is 1.67. The molecule has 0 aliphatic heterocycles. The summed E-state index contributed by atoms with van der Waals surface area (Å²) in [4.78, 5) is 38.3. The lowest BCUT2D eigenvalue weighted by atomic mass is 10.1. The van der Waals surface area contributed by atoms with Crippen molar-refractivity contribution < 1.29 is 27.7 Å². The first-order valence-corrected chi connectivity index (χ1v) is 14.7. The number of carbonyl (C=O) groups is 3. The summed E-state index contributed by atoms with van der Waals surface area (Å²) in [5.41, 5.74) is 3.27. The Morgan fingerprint density at radius 2 is 0.706 bits per heavy atom. The van der Waals surface area contributed by atoms with Crippen LogP contribution >= 0.6 is 0 Å². The number of benzene rings is 3. The van der Waals surface area contributed by atoms with E-state index in [0.717, 1.165) is 32.3 Å². The summed E-state index contributed by atoms with van der Waals surface area (Å²) in [7, 11) is -4.45. The predicted octanol–water partition coefficient (Wildman–Crippen LogP) is -0.656. The first-order valence-electron chi connectivity index (χ1n) is 10.9. The lowest BCUT2D eigenvalue weighted by Gasteiger charge is -2.15. The maximum absolute atomic E-state index is 12.8. The molecule has 9 heteroatoms. The van der Waals surface area contributed by atoms with E-state index in [9.17, 15) is 14.4 Å². The van der Waals surface area contributed by atoms with Crippen molar-refractivity contribution in [3.63, 3.8) is 0 Å². The van der Waals surface area contributed by atoms with E-state index in [2.05, 4.69) is 0 Å². The maximum Gasteiger partial charge on any atom is 0.324 e. The minimum atomic E-state index is -1.48. The fourth-order valence-corrected chi connectivity index (χ4v) is 5.58. The average Bonchev–Trinajstić information content (AvgIpc) is 2.83. The molecule has 0 fully saturated rings. The van der Waals surface area contributed by atoms with Crippen LogP contribution in [-0.4, -0.2) is 47.2 Å². The zero-order valence-electron chi connectivity index (χ0n) is 19.5. The van der Waals surface area contributed by atoms with Crippen molar-refractivity contribution >= 4 is 62.8 Å². The van der Waals surface area contributed by atoms with E-state index in [1.807, 2.05) is 93.6 Å². The van der Waals surface area contributed by atoms with E-state index >= 15 is 0 Å². The summed E-state index contributed by atoms with van der Waals surface area (Å²) in [6.45, 7) is 5.89. The molecule has 0 heterocycles. The SMILES string of the molecule is Cc1ccc([SiH2]OC(=O)[C](C(=O)O[SiH2]c2ccc(C)cc2)C(=O)O[SiH2]c2ccc(C)cc2)cc1. The molecule has 0 aliphatic rings. The van der Waals surface area contributed by atoms with Crippen LogP contribution < -0.4 is 15.6 Å². The molecule has 1 radical (unpaired) electrons. The molecule has 0 bridgehead atoms. The Kier molecular flexibility index (Phi) is 9.14. The molecule has 0 spiro atoms. The smallest absolute Gasteiger partial charge is 0.324 e. The lowest BCUT2D eigenvalue weighted by molar-refractivity contribution is -0.148. The zero-order valence-corrected chi connectivity index (χ0v) is 23.7. The molecule has 3 aromatic rings. The van der Waals surface area contributed by atoms with E-state index in [1.54, 1.807) is 0 Å². The van der Waals surface area contributed by atoms with E-state index < -0.39 is 53.1 Å². The highest BCUT2D eigenvalue weighted by atomic mass is 28.2. The second kappa shape index (κ2) is 12.3. The van der Waals surface area contributed by atoms with E-state index in [1.165, 1.54) is 0 Å². The van der Waals surface area contributed by atoms with Crippen LogP contribution in [0.3, 0.4) is 0 Å². The van der Waals surface area contributed by atoms with Crippen LogP contribution in [0.1, 0.15) is 16.7 Å². The number of aryl methyl sites for hydroxylation is 3. The van der Waals surface area contributed by atoms with Gasteiger partial charge in [-0.25, -0.2) is 0 Å². The number of hydrogen-bond donors (Lipinski definition) is 0. The second-order valence-corrected chi connectivity index (χ2v) is 12.2. The van der Waals surface area contributed by atoms with E-state index in [-0.39, 0.29) is 0 Å². The van der Waals surface area contributed by atoms with Gasteiger partial charge in [0, 0.05) is 0 Å². The van der Waals surface area contributed by atoms with Gasteiger partial charge in [0.25, 0.3) is 35.2 Å². The van der Waals surface area contributed by atoms with Crippen molar-refractivity contribution in [2.24, 2.45) is 0 Å². The fraction of sp³-hybridized carbons (Fsp3) is 0.120. The Hall–Kier alpha value is -3.28. The van der Waals surface area contributed by atoms with Crippen LogP contribution in [0.5, 0.6) is 0 Å². The molecule has 0 aromatic heterocycles. The van der Waals surface area contributed by atoms with Crippen molar-refractivity contribution in [2.75, 3.05) is 0 Å². The molecular weight excluding hydrogens is 481 g/mol. The first-order chi connectivity index (χ1) is 16.3. The van der Waals surface area contributed by atoms with Crippen LogP contribution in [0.15, 0.2) is 72.8 Å². The molecule has 0 unspecified atom stereocenters. The van der Waals surface area contributed by atoms with Crippen molar-refractivity contribution in [1.82, 2.24) is 0 Å². The minimum Gasteiger partial charge on any atom is -0.519 e. The molecular formula is C25H27O6Si3. The molecule has 0 aliphatic carbocycles. The summed E-state index contributed by atoms with van der Waals surface area (Å²) < 4.78 is 16.2. The fourth-order valence-electron chi connectivity index (χ4n) is 2.97. The van der Waals surface area contributed by atoms with Gasteiger partial charge in [-0.15, -0.1) is 0 Å². The van der Waals surface area contributed by atoms with Crippen LogP contribution in [0.25, 0.3) is 0 Å². The van der Waals surface area contributed by atoms with Gasteiger partial charge in [0.15, 0.2) is 0 Å². The van der Waals surface area contributed by atoms with Crippen LogP contribution in [0.4, 0.5) is 0 Å². The first kappa shape index (κ1) is 25.3. The molecule has 34 heavy (non-hydrogen) atoms. The average molecular weight is 508 g/mol. The third kappa shape index (κ3) is 7.65. The van der Waals surface area contributed by atoms with E-state index in [0.29, 0.717) is 0 Å². The second-order valence-electron chi connectivity index (χ2n) is 8.06. The number of rotatable bonds is 9. The van der Waals surface area contributed by atoms with Crippen LogP contribution in [0.2, 0.25) is 0 Å². The Morgan fingerprint density at radius 3 is 0.941 bits per heavy atom. The normalized spacial score (nSPS) is 11.6. The van der Waals surface area contributed by atoms with Crippen molar-refractivity contribution in [1.29, 1.82) is 0 Å². The van der Waals surface area contributed by atoms with Crippen LogP contribution in [0, 0.1) is 26.7 Å². The predicted molar refractivity (Wildman–Crippen MR) is 140 cm³/mol. The highest BCUT2D eigenvalue weighted by Gasteiger charge is 2.40. The van der Waals surface area contributed by atoms with Gasteiger partial charge in [-0.3, -0.25) is 14.4 Å². The molecule has 0 saturated heterocycles. The minimum absolute atomic E-state index is 0.696. The third-order valence-electron chi connectivity index (χ3n) is 5.08. The van der Waals surface area contributed by atoms with Gasteiger partial charge >= 0.3 is 17.9 Å². The van der Waals surface area contributed by atoms with Crippen molar-refractivity contribution in [3.8, 4) is 0 Å².